The van der Waals surface area contributed by atoms with Crippen LogP contribution in [0, 0.1) is 5.82 Å². The summed E-state index contributed by atoms with van der Waals surface area (Å²) >= 11 is 0. The van der Waals surface area contributed by atoms with E-state index in [0.29, 0.717) is 11.1 Å². The molecule has 0 spiro atoms. The predicted octanol–water partition coefficient (Wildman–Crippen LogP) is 5.16. The molecule has 0 aliphatic heterocycles. The predicted molar refractivity (Wildman–Crippen MR) is 102 cm³/mol. The van der Waals surface area contributed by atoms with Gasteiger partial charge in [-0.25, -0.2) is 9.18 Å². The summed E-state index contributed by atoms with van der Waals surface area (Å²) in [6.45, 7) is 5.53. The first-order valence-corrected chi connectivity index (χ1v) is 8.91. The number of ether oxygens (including phenoxy) is 1. The number of carboxylic acid groups (broad SMARTS) is 1. The van der Waals surface area contributed by atoms with E-state index >= 15 is 0 Å². The van der Waals surface area contributed by atoms with Gasteiger partial charge in [0.2, 0.25) is 0 Å². The van der Waals surface area contributed by atoms with Crippen LogP contribution < -0.4 is 4.74 Å². The number of halogens is 1. The van der Waals surface area contributed by atoms with Gasteiger partial charge in [0, 0.05) is 11.1 Å². The summed E-state index contributed by atoms with van der Waals surface area (Å²) in [5, 5.41) is 8.66. The first-order chi connectivity index (χ1) is 12.9. The topological polar surface area (TPSA) is 63.6 Å². The van der Waals surface area contributed by atoms with Crippen LogP contribution in [0.2, 0.25) is 0 Å². The van der Waals surface area contributed by atoms with Crippen LogP contribution in [0.15, 0.2) is 54.6 Å². The maximum atomic E-state index is 14.4. The third-order valence-electron chi connectivity index (χ3n) is 4.13. The number of carbonyl (C=O) groups is 2. The van der Waals surface area contributed by atoms with Gasteiger partial charge in [0.05, 0.1) is 6.42 Å². The summed E-state index contributed by atoms with van der Waals surface area (Å²) in [6, 6.07) is 11.6. The maximum absolute atomic E-state index is 14.4. The minimum atomic E-state index is -1.15. The molecule has 0 heterocycles. The van der Waals surface area contributed by atoms with Crippen LogP contribution in [-0.4, -0.2) is 17.0 Å². The third-order valence-corrected chi connectivity index (χ3v) is 4.13. The number of carbonyl (C=O) groups excluding carboxylic acids is 1. The standard InChI is InChI=1S/C22H23FO4/c1-3-4-5-6-16-7-12-19(20(23)14-16)17-8-10-18(11-9-17)27-22(26)15(2)13-21(24)25/h7-12,14H,2-6,13H2,1H3,(H,24,25). The Kier molecular flexibility index (Phi) is 7.29. The maximum Gasteiger partial charge on any atom is 0.339 e. The Labute approximate surface area is 158 Å². The van der Waals surface area contributed by atoms with E-state index in [1.165, 1.54) is 12.1 Å². The van der Waals surface area contributed by atoms with Crippen LogP contribution in [-0.2, 0) is 16.0 Å². The molecule has 2 aromatic carbocycles. The van der Waals surface area contributed by atoms with Crippen LogP contribution in [0.3, 0.4) is 0 Å². The molecule has 4 nitrogen and oxygen atoms in total. The highest BCUT2D eigenvalue weighted by molar-refractivity contribution is 5.94. The summed E-state index contributed by atoms with van der Waals surface area (Å²) < 4.78 is 19.5. The number of aliphatic carboxylic acids is 1. The second-order valence-electron chi connectivity index (χ2n) is 6.36. The van der Waals surface area contributed by atoms with Crippen molar-refractivity contribution in [3.63, 3.8) is 0 Å². The van der Waals surface area contributed by atoms with E-state index in [1.807, 2.05) is 6.07 Å². The number of hydrogen-bond donors (Lipinski definition) is 1. The van der Waals surface area contributed by atoms with Crippen molar-refractivity contribution in [1.82, 2.24) is 0 Å². The van der Waals surface area contributed by atoms with Gasteiger partial charge in [0.25, 0.3) is 0 Å². The smallest absolute Gasteiger partial charge is 0.339 e. The van der Waals surface area contributed by atoms with Crippen molar-refractivity contribution in [1.29, 1.82) is 0 Å². The van der Waals surface area contributed by atoms with Crippen molar-refractivity contribution < 1.29 is 23.8 Å². The fraction of sp³-hybridized carbons (Fsp3) is 0.273. The molecule has 142 valence electrons. The lowest BCUT2D eigenvalue weighted by atomic mass is 10.0. The summed E-state index contributed by atoms with van der Waals surface area (Å²) in [4.78, 5) is 22.4. The molecule has 0 radical (unpaired) electrons. The Morgan fingerprint density at radius 2 is 1.81 bits per heavy atom. The lowest BCUT2D eigenvalue weighted by Gasteiger charge is -2.09. The number of esters is 1. The van der Waals surface area contributed by atoms with Crippen molar-refractivity contribution >= 4 is 11.9 Å². The lowest BCUT2D eigenvalue weighted by molar-refractivity contribution is -0.138. The largest absolute Gasteiger partial charge is 0.481 e. The fourth-order valence-corrected chi connectivity index (χ4v) is 2.66. The van der Waals surface area contributed by atoms with Crippen molar-refractivity contribution in [3.05, 3.63) is 66.0 Å². The van der Waals surface area contributed by atoms with Gasteiger partial charge < -0.3 is 9.84 Å². The summed E-state index contributed by atoms with van der Waals surface area (Å²) in [5.41, 5.74) is 1.97. The van der Waals surface area contributed by atoms with E-state index < -0.39 is 18.4 Å². The first kappa shape index (κ1) is 20.4. The van der Waals surface area contributed by atoms with E-state index in [-0.39, 0.29) is 17.1 Å². The molecule has 0 saturated carbocycles. The molecule has 2 rings (SSSR count). The Balaban J connectivity index is 2.05. The first-order valence-electron chi connectivity index (χ1n) is 8.91. The van der Waals surface area contributed by atoms with Crippen molar-refractivity contribution in [2.75, 3.05) is 0 Å². The second-order valence-corrected chi connectivity index (χ2v) is 6.36. The molecule has 0 aromatic heterocycles. The van der Waals surface area contributed by atoms with Crippen LogP contribution in [0.4, 0.5) is 4.39 Å². The molecule has 0 unspecified atom stereocenters. The van der Waals surface area contributed by atoms with Gasteiger partial charge in [-0.1, -0.05) is 50.6 Å². The highest BCUT2D eigenvalue weighted by Gasteiger charge is 2.14. The number of rotatable bonds is 9. The number of carboxylic acids is 1. The van der Waals surface area contributed by atoms with E-state index in [0.717, 1.165) is 31.2 Å². The van der Waals surface area contributed by atoms with Gasteiger partial charge in [0.15, 0.2) is 0 Å². The zero-order valence-corrected chi connectivity index (χ0v) is 15.3. The Morgan fingerprint density at radius 1 is 1.11 bits per heavy atom. The summed E-state index contributed by atoms with van der Waals surface area (Å²) in [5.74, 6) is -2.00. The van der Waals surface area contributed by atoms with Gasteiger partial charge in [-0.05, 0) is 42.2 Å². The molecule has 0 saturated heterocycles. The second kappa shape index (κ2) is 9.67. The third kappa shape index (κ3) is 6.06. The van der Waals surface area contributed by atoms with E-state index in [2.05, 4.69) is 13.5 Å². The van der Waals surface area contributed by atoms with E-state index in [1.54, 1.807) is 24.3 Å². The molecule has 0 amide bonds. The van der Waals surface area contributed by atoms with Crippen LogP contribution >= 0.6 is 0 Å². The molecule has 5 heteroatoms. The SMILES string of the molecule is C=C(CC(=O)O)C(=O)Oc1ccc(-c2ccc(CCCCC)cc2F)cc1. The molecule has 0 bridgehead atoms. The highest BCUT2D eigenvalue weighted by Crippen LogP contribution is 2.26. The molecule has 2 aromatic rings. The van der Waals surface area contributed by atoms with Gasteiger partial charge in [-0.15, -0.1) is 0 Å². The number of aryl methyl sites for hydroxylation is 1. The minimum Gasteiger partial charge on any atom is -0.481 e. The van der Waals surface area contributed by atoms with Crippen molar-refractivity contribution in [3.8, 4) is 16.9 Å². The van der Waals surface area contributed by atoms with Crippen LogP contribution in [0.25, 0.3) is 11.1 Å². The number of unbranched alkanes of at least 4 members (excludes halogenated alkanes) is 2. The highest BCUT2D eigenvalue weighted by atomic mass is 19.1. The monoisotopic (exact) mass is 370 g/mol. The lowest BCUT2D eigenvalue weighted by Crippen LogP contribution is -2.13. The average molecular weight is 370 g/mol. The normalized spacial score (nSPS) is 10.4. The molecule has 0 atom stereocenters. The molecule has 0 aliphatic rings. The fourth-order valence-electron chi connectivity index (χ4n) is 2.66. The quantitative estimate of drug-likeness (QED) is 0.287. The van der Waals surface area contributed by atoms with Gasteiger partial charge in [-0.2, -0.15) is 0 Å². The van der Waals surface area contributed by atoms with Gasteiger partial charge in [-0.3, -0.25) is 4.79 Å². The summed E-state index contributed by atoms with van der Waals surface area (Å²) in [6.07, 6.45) is 3.68. The van der Waals surface area contributed by atoms with Crippen LogP contribution in [0.5, 0.6) is 5.75 Å². The molecular weight excluding hydrogens is 347 g/mol. The Morgan fingerprint density at radius 3 is 2.41 bits per heavy atom. The summed E-state index contributed by atoms with van der Waals surface area (Å²) in [7, 11) is 0. The molecule has 0 aliphatic carbocycles. The zero-order valence-electron chi connectivity index (χ0n) is 15.3. The van der Waals surface area contributed by atoms with Gasteiger partial charge in [0.1, 0.15) is 11.6 Å². The molecular formula is C22H23FO4. The Bertz CT molecular complexity index is 825. The average Bonchev–Trinajstić information content (AvgIpc) is 2.62. The van der Waals surface area contributed by atoms with E-state index in [9.17, 15) is 14.0 Å². The number of benzene rings is 2. The number of hydrogen-bond acceptors (Lipinski definition) is 3. The van der Waals surface area contributed by atoms with Crippen LogP contribution in [0.1, 0.15) is 38.2 Å². The van der Waals surface area contributed by atoms with E-state index in [4.69, 9.17) is 9.84 Å². The van der Waals surface area contributed by atoms with Crippen molar-refractivity contribution in [2.45, 2.75) is 39.0 Å². The zero-order chi connectivity index (χ0) is 19.8. The molecule has 0 fully saturated rings. The molecule has 1 N–H and O–H groups in total. The minimum absolute atomic E-state index is 0.142. The van der Waals surface area contributed by atoms with Gasteiger partial charge >= 0.3 is 11.9 Å². The van der Waals surface area contributed by atoms with Crippen molar-refractivity contribution in [2.24, 2.45) is 0 Å². The Hall–Kier alpha value is -2.95. The molecule has 27 heavy (non-hydrogen) atoms.